The summed E-state index contributed by atoms with van der Waals surface area (Å²) in [6.07, 6.45) is 3.07. The lowest BCUT2D eigenvalue weighted by Crippen LogP contribution is -2.58. The van der Waals surface area contributed by atoms with Crippen LogP contribution in [0, 0.1) is 11.8 Å². The number of aliphatic hydroxyl groups is 1. The van der Waals surface area contributed by atoms with Gasteiger partial charge in [-0.25, -0.2) is 0 Å². The molecule has 0 radical (unpaired) electrons. The molecule has 12 nitrogen and oxygen atoms in total. The number of benzene rings is 2. The van der Waals surface area contributed by atoms with Crippen molar-refractivity contribution in [2.45, 2.75) is 102 Å². The Bertz CT molecular complexity index is 1260. The third-order valence-electron chi connectivity index (χ3n) is 8.50. The Balaban J connectivity index is 2.20. The van der Waals surface area contributed by atoms with E-state index in [-0.39, 0.29) is 24.2 Å². The van der Waals surface area contributed by atoms with E-state index in [0.29, 0.717) is 64.6 Å². The Morgan fingerprint density at radius 3 is 1.76 bits per heavy atom. The topological polar surface area (TPSA) is 215 Å². The third kappa shape index (κ3) is 15.9. The van der Waals surface area contributed by atoms with Crippen LogP contribution in [0.25, 0.3) is 0 Å². The number of amides is 4. The number of carbonyl (C=O) groups is 4. The molecule has 0 bridgehead atoms. The molecule has 0 saturated carbocycles. The second-order valence-corrected chi connectivity index (χ2v) is 13.2. The van der Waals surface area contributed by atoms with Crippen LogP contribution < -0.4 is 38.5 Å². The normalized spacial score (nSPS) is 14.9. The minimum atomic E-state index is -1.00. The lowest BCUT2D eigenvalue weighted by Gasteiger charge is -2.27. The second kappa shape index (κ2) is 22.7. The standard InChI is InChI=1S/C37H59N7O5/c1-25(2)22-32(36(48)42-31(16-10-11-19-38)35(47)41-21-18-29(17-20-39)26(3)45)44-37(49)33(24-28-14-8-5-9-15-28)43-34(46)30(40)23-27-12-6-4-7-13-27/h4-9,12-15,25-26,29-33,45H,10-11,16-24,38-40H2,1-3H3,(H,41,47)(H,42,48)(H,43,46)(H,44,49)/t26?,29?,30-,31-,32-,33-/m1/s1. The minimum Gasteiger partial charge on any atom is -0.393 e. The fraction of sp³-hybridized carbons (Fsp3) is 0.568. The molecule has 2 aromatic rings. The molecule has 0 aromatic heterocycles. The summed E-state index contributed by atoms with van der Waals surface area (Å²) in [7, 11) is 0. The van der Waals surface area contributed by atoms with Crippen LogP contribution in [0.5, 0.6) is 0 Å². The average Bonchev–Trinajstić information content (AvgIpc) is 3.07. The molecule has 11 N–H and O–H groups in total. The highest BCUT2D eigenvalue weighted by Gasteiger charge is 2.31. The summed E-state index contributed by atoms with van der Waals surface area (Å²) in [5, 5.41) is 21.5. The van der Waals surface area contributed by atoms with Crippen molar-refractivity contribution in [2.75, 3.05) is 19.6 Å². The summed E-state index contributed by atoms with van der Waals surface area (Å²) in [5.41, 5.74) is 19.3. The van der Waals surface area contributed by atoms with Gasteiger partial charge in [0.25, 0.3) is 0 Å². The van der Waals surface area contributed by atoms with E-state index in [0.717, 1.165) is 11.1 Å². The van der Waals surface area contributed by atoms with E-state index >= 15 is 0 Å². The molecule has 0 fully saturated rings. The molecule has 0 spiro atoms. The SMILES string of the molecule is CC(C)C[C@@H](NC(=O)[C@@H](Cc1ccccc1)NC(=O)[C@H](N)Cc1ccccc1)C(=O)N[C@H](CCCCN)C(=O)NCCC(CCN)C(C)O. The fourth-order valence-electron chi connectivity index (χ4n) is 5.65. The van der Waals surface area contributed by atoms with Crippen LogP contribution in [0.1, 0.15) is 70.4 Å². The van der Waals surface area contributed by atoms with Crippen molar-refractivity contribution < 1.29 is 24.3 Å². The fourth-order valence-corrected chi connectivity index (χ4v) is 5.65. The first-order valence-corrected chi connectivity index (χ1v) is 17.6. The Morgan fingerprint density at radius 1 is 0.653 bits per heavy atom. The predicted molar refractivity (Wildman–Crippen MR) is 193 cm³/mol. The van der Waals surface area contributed by atoms with E-state index in [1.54, 1.807) is 6.92 Å². The number of carbonyl (C=O) groups excluding carboxylic acids is 4. The van der Waals surface area contributed by atoms with Gasteiger partial charge in [0.15, 0.2) is 0 Å². The molecule has 2 aromatic carbocycles. The molecule has 272 valence electrons. The number of nitrogens with one attached hydrogen (secondary N) is 4. The van der Waals surface area contributed by atoms with Crippen LogP contribution in [0.3, 0.4) is 0 Å². The first-order chi connectivity index (χ1) is 23.4. The number of rotatable bonds is 23. The summed E-state index contributed by atoms with van der Waals surface area (Å²) in [5.74, 6) is -1.88. The van der Waals surface area contributed by atoms with Gasteiger partial charge in [-0.05, 0) is 87.9 Å². The zero-order valence-corrected chi connectivity index (χ0v) is 29.4. The summed E-state index contributed by atoms with van der Waals surface area (Å²) in [4.78, 5) is 54.1. The zero-order valence-electron chi connectivity index (χ0n) is 29.4. The van der Waals surface area contributed by atoms with Gasteiger partial charge < -0.3 is 43.6 Å². The molecule has 0 aliphatic rings. The molecule has 2 unspecified atom stereocenters. The van der Waals surface area contributed by atoms with Crippen molar-refractivity contribution in [2.24, 2.45) is 29.0 Å². The van der Waals surface area contributed by atoms with E-state index in [9.17, 15) is 24.3 Å². The maximum Gasteiger partial charge on any atom is 0.243 e. The number of hydrogen-bond donors (Lipinski definition) is 8. The molecule has 12 heteroatoms. The monoisotopic (exact) mass is 681 g/mol. The van der Waals surface area contributed by atoms with Gasteiger partial charge in [-0.2, -0.15) is 0 Å². The number of aliphatic hydroxyl groups excluding tert-OH is 1. The van der Waals surface area contributed by atoms with Gasteiger partial charge in [-0.15, -0.1) is 0 Å². The van der Waals surface area contributed by atoms with Crippen LogP contribution in [-0.4, -0.2) is 78.6 Å². The average molecular weight is 682 g/mol. The number of unbranched alkanes of at least 4 members (excludes halogenated alkanes) is 1. The molecule has 2 rings (SSSR count). The summed E-state index contributed by atoms with van der Waals surface area (Å²) >= 11 is 0. The molecular formula is C37H59N7O5. The largest absolute Gasteiger partial charge is 0.393 e. The van der Waals surface area contributed by atoms with E-state index in [4.69, 9.17) is 17.2 Å². The smallest absolute Gasteiger partial charge is 0.243 e. The maximum atomic E-state index is 13.8. The Morgan fingerprint density at radius 2 is 1.20 bits per heavy atom. The number of hydrogen-bond acceptors (Lipinski definition) is 8. The number of nitrogens with two attached hydrogens (primary N) is 3. The summed E-state index contributed by atoms with van der Waals surface area (Å²) < 4.78 is 0. The molecule has 0 saturated heterocycles. The Labute approximate surface area is 291 Å². The molecule has 0 aliphatic heterocycles. The predicted octanol–water partition coefficient (Wildman–Crippen LogP) is 1.28. The summed E-state index contributed by atoms with van der Waals surface area (Å²) in [6, 6.07) is 15.0. The van der Waals surface area contributed by atoms with Crippen molar-refractivity contribution in [3.63, 3.8) is 0 Å². The van der Waals surface area contributed by atoms with Crippen LogP contribution in [0.2, 0.25) is 0 Å². The van der Waals surface area contributed by atoms with Crippen LogP contribution >= 0.6 is 0 Å². The van der Waals surface area contributed by atoms with Gasteiger partial charge in [0.1, 0.15) is 18.1 Å². The first-order valence-electron chi connectivity index (χ1n) is 17.6. The van der Waals surface area contributed by atoms with Crippen LogP contribution in [-0.2, 0) is 32.0 Å². The molecule has 0 heterocycles. The Kier molecular flexibility index (Phi) is 19.2. The highest BCUT2D eigenvalue weighted by Crippen LogP contribution is 2.13. The van der Waals surface area contributed by atoms with E-state index in [1.807, 2.05) is 74.5 Å². The lowest BCUT2D eigenvalue weighted by atomic mass is 9.96. The van der Waals surface area contributed by atoms with Gasteiger partial charge in [-0.3, -0.25) is 19.2 Å². The van der Waals surface area contributed by atoms with E-state index in [1.165, 1.54) is 0 Å². The van der Waals surface area contributed by atoms with Gasteiger partial charge >= 0.3 is 0 Å². The highest BCUT2D eigenvalue weighted by molar-refractivity contribution is 5.95. The minimum absolute atomic E-state index is 0.0296. The third-order valence-corrected chi connectivity index (χ3v) is 8.50. The van der Waals surface area contributed by atoms with Gasteiger partial charge in [0, 0.05) is 13.0 Å². The second-order valence-electron chi connectivity index (χ2n) is 13.2. The summed E-state index contributed by atoms with van der Waals surface area (Å²) in [6.45, 7) is 6.77. The van der Waals surface area contributed by atoms with Crippen LogP contribution in [0.15, 0.2) is 60.7 Å². The van der Waals surface area contributed by atoms with Crippen molar-refractivity contribution in [1.82, 2.24) is 21.3 Å². The van der Waals surface area contributed by atoms with Crippen molar-refractivity contribution >= 4 is 23.6 Å². The lowest BCUT2D eigenvalue weighted by molar-refractivity contribution is -0.134. The molecule has 49 heavy (non-hydrogen) atoms. The zero-order chi connectivity index (χ0) is 36.2. The first kappa shape index (κ1) is 41.3. The van der Waals surface area contributed by atoms with Crippen molar-refractivity contribution in [3.05, 3.63) is 71.8 Å². The molecular weight excluding hydrogens is 622 g/mol. The molecule has 6 atom stereocenters. The maximum absolute atomic E-state index is 13.8. The Hall–Kier alpha value is -3.84. The quantitative estimate of drug-likeness (QED) is 0.0798. The molecule has 0 aliphatic carbocycles. The highest BCUT2D eigenvalue weighted by atomic mass is 16.3. The van der Waals surface area contributed by atoms with E-state index in [2.05, 4.69) is 21.3 Å². The van der Waals surface area contributed by atoms with Crippen molar-refractivity contribution in [1.29, 1.82) is 0 Å². The van der Waals surface area contributed by atoms with Gasteiger partial charge in [0.2, 0.25) is 23.6 Å². The van der Waals surface area contributed by atoms with Crippen molar-refractivity contribution in [3.8, 4) is 0 Å². The molecule has 4 amide bonds. The van der Waals surface area contributed by atoms with E-state index < -0.39 is 48.0 Å². The van der Waals surface area contributed by atoms with Gasteiger partial charge in [-0.1, -0.05) is 74.5 Å². The van der Waals surface area contributed by atoms with Gasteiger partial charge in [0.05, 0.1) is 12.1 Å². The van der Waals surface area contributed by atoms with Crippen LogP contribution in [0.4, 0.5) is 0 Å².